The molecule has 0 unspecified atom stereocenters. The summed E-state index contributed by atoms with van der Waals surface area (Å²) in [7, 11) is 0. The van der Waals surface area contributed by atoms with E-state index >= 15 is 0 Å². The van der Waals surface area contributed by atoms with Crippen LogP contribution in [-0.4, -0.2) is 0 Å². The standard InChI is InChI=1S/C14H12ClF2NO/c1-8(18)9-2-5-13(11(15)6-9)19-14-7-10(16)3-4-12(14)17/h2-8H,18H2,1H3/t8-/m1/s1. The maximum absolute atomic E-state index is 13.4. The van der Waals surface area contributed by atoms with E-state index in [1.54, 1.807) is 18.2 Å². The van der Waals surface area contributed by atoms with Crippen molar-refractivity contribution in [2.24, 2.45) is 5.73 Å². The van der Waals surface area contributed by atoms with E-state index in [1.165, 1.54) is 0 Å². The molecule has 0 amide bonds. The molecule has 0 bridgehead atoms. The van der Waals surface area contributed by atoms with Gasteiger partial charge in [-0.2, -0.15) is 0 Å². The molecule has 0 fully saturated rings. The van der Waals surface area contributed by atoms with Crippen molar-refractivity contribution in [3.05, 3.63) is 58.6 Å². The minimum atomic E-state index is -0.659. The number of hydrogen-bond donors (Lipinski definition) is 1. The van der Waals surface area contributed by atoms with Gasteiger partial charge in [0.25, 0.3) is 0 Å². The summed E-state index contributed by atoms with van der Waals surface area (Å²) in [6.45, 7) is 1.82. The SMILES string of the molecule is C[C@@H](N)c1ccc(Oc2cc(F)ccc2F)c(Cl)c1. The van der Waals surface area contributed by atoms with Crippen molar-refractivity contribution in [3.8, 4) is 11.5 Å². The quantitative estimate of drug-likeness (QED) is 0.904. The van der Waals surface area contributed by atoms with Crippen LogP contribution in [0.4, 0.5) is 8.78 Å². The molecule has 100 valence electrons. The van der Waals surface area contributed by atoms with Crippen LogP contribution < -0.4 is 10.5 Å². The van der Waals surface area contributed by atoms with Crippen LogP contribution in [0, 0.1) is 11.6 Å². The summed E-state index contributed by atoms with van der Waals surface area (Å²) < 4.78 is 31.7. The molecule has 0 heterocycles. The molecule has 0 saturated carbocycles. The number of ether oxygens (including phenoxy) is 1. The van der Waals surface area contributed by atoms with Crippen molar-refractivity contribution in [3.63, 3.8) is 0 Å². The Bertz CT molecular complexity index is 602. The van der Waals surface area contributed by atoms with Crippen molar-refractivity contribution in [2.75, 3.05) is 0 Å². The molecular formula is C14H12ClF2NO. The lowest BCUT2D eigenvalue weighted by atomic mass is 10.1. The second-order valence-corrected chi connectivity index (χ2v) is 4.56. The lowest BCUT2D eigenvalue weighted by molar-refractivity contribution is 0.436. The molecule has 0 saturated heterocycles. The zero-order valence-corrected chi connectivity index (χ0v) is 10.9. The van der Waals surface area contributed by atoms with E-state index < -0.39 is 11.6 Å². The number of hydrogen-bond acceptors (Lipinski definition) is 2. The fourth-order valence-corrected chi connectivity index (χ4v) is 1.78. The third-order valence-electron chi connectivity index (χ3n) is 2.59. The first-order valence-electron chi connectivity index (χ1n) is 5.65. The molecule has 0 aliphatic rings. The Morgan fingerprint density at radius 2 is 1.84 bits per heavy atom. The van der Waals surface area contributed by atoms with E-state index in [0.29, 0.717) is 5.02 Å². The molecule has 0 aromatic heterocycles. The molecule has 1 atom stereocenters. The van der Waals surface area contributed by atoms with E-state index in [4.69, 9.17) is 22.1 Å². The van der Waals surface area contributed by atoms with Crippen molar-refractivity contribution in [2.45, 2.75) is 13.0 Å². The van der Waals surface area contributed by atoms with E-state index in [2.05, 4.69) is 0 Å². The third kappa shape index (κ3) is 3.22. The van der Waals surface area contributed by atoms with Crippen LogP contribution in [0.15, 0.2) is 36.4 Å². The molecule has 5 heteroatoms. The first-order chi connectivity index (χ1) is 8.97. The van der Waals surface area contributed by atoms with Gasteiger partial charge in [-0.1, -0.05) is 17.7 Å². The van der Waals surface area contributed by atoms with Crippen molar-refractivity contribution in [1.82, 2.24) is 0 Å². The van der Waals surface area contributed by atoms with Gasteiger partial charge in [0, 0.05) is 12.1 Å². The van der Waals surface area contributed by atoms with Gasteiger partial charge in [-0.3, -0.25) is 0 Å². The summed E-state index contributed by atoms with van der Waals surface area (Å²) >= 11 is 6.02. The average Bonchev–Trinajstić information content (AvgIpc) is 2.36. The lowest BCUT2D eigenvalue weighted by Gasteiger charge is -2.11. The van der Waals surface area contributed by atoms with Crippen LogP contribution in [-0.2, 0) is 0 Å². The van der Waals surface area contributed by atoms with Gasteiger partial charge in [-0.25, -0.2) is 8.78 Å². The summed E-state index contributed by atoms with van der Waals surface area (Å²) in [4.78, 5) is 0. The fourth-order valence-electron chi connectivity index (χ4n) is 1.56. The molecule has 0 aliphatic heterocycles. The number of benzene rings is 2. The lowest BCUT2D eigenvalue weighted by Crippen LogP contribution is -2.04. The Hall–Kier alpha value is -1.65. The first-order valence-corrected chi connectivity index (χ1v) is 6.03. The van der Waals surface area contributed by atoms with E-state index in [0.717, 1.165) is 23.8 Å². The smallest absolute Gasteiger partial charge is 0.166 e. The van der Waals surface area contributed by atoms with Crippen LogP contribution in [0.5, 0.6) is 11.5 Å². The maximum Gasteiger partial charge on any atom is 0.166 e. The van der Waals surface area contributed by atoms with Crippen LogP contribution in [0.3, 0.4) is 0 Å². The van der Waals surface area contributed by atoms with Crippen LogP contribution in [0.25, 0.3) is 0 Å². The fraction of sp³-hybridized carbons (Fsp3) is 0.143. The highest BCUT2D eigenvalue weighted by Crippen LogP contribution is 2.32. The maximum atomic E-state index is 13.4. The molecule has 19 heavy (non-hydrogen) atoms. The summed E-state index contributed by atoms with van der Waals surface area (Å²) in [6.07, 6.45) is 0. The second-order valence-electron chi connectivity index (χ2n) is 4.16. The molecule has 2 aromatic rings. The highest BCUT2D eigenvalue weighted by Gasteiger charge is 2.10. The van der Waals surface area contributed by atoms with Crippen molar-refractivity contribution in [1.29, 1.82) is 0 Å². The molecule has 2 nitrogen and oxygen atoms in total. The van der Waals surface area contributed by atoms with Gasteiger partial charge < -0.3 is 10.5 Å². The monoisotopic (exact) mass is 283 g/mol. The van der Waals surface area contributed by atoms with Gasteiger partial charge in [0.05, 0.1) is 5.02 Å². The summed E-state index contributed by atoms with van der Waals surface area (Å²) in [6, 6.07) is 7.74. The molecule has 0 radical (unpaired) electrons. The molecule has 0 aliphatic carbocycles. The molecule has 2 rings (SSSR count). The van der Waals surface area contributed by atoms with E-state index in [1.807, 2.05) is 6.92 Å². The second kappa shape index (κ2) is 5.55. The summed E-state index contributed by atoms with van der Waals surface area (Å²) in [5, 5.41) is 0.290. The molecule has 2 aromatic carbocycles. The predicted octanol–water partition coefficient (Wildman–Crippen LogP) is 4.43. The number of rotatable bonds is 3. The third-order valence-corrected chi connectivity index (χ3v) is 2.89. The largest absolute Gasteiger partial charge is 0.453 e. The number of halogens is 3. The van der Waals surface area contributed by atoms with Crippen molar-refractivity contribution < 1.29 is 13.5 Å². The average molecular weight is 284 g/mol. The van der Waals surface area contributed by atoms with Gasteiger partial charge in [-0.05, 0) is 36.8 Å². The normalized spacial score (nSPS) is 12.3. The first kappa shape index (κ1) is 13.8. The molecule has 2 N–H and O–H groups in total. The highest BCUT2D eigenvalue weighted by atomic mass is 35.5. The number of nitrogens with two attached hydrogens (primary N) is 1. The van der Waals surface area contributed by atoms with Gasteiger partial charge in [0.15, 0.2) is 11.6 Å². The topological polar surface area (TPSA) is 35.2 Å². The van der Waals surface area contributed by atoms with Crippen LogP contribution in [0.1, 0.15) is 18.5 Å². The van der Waals surface area contributed by atoms with Crippen LogP contribution in [0.2, 0.25) is 5.02 Å². The molecular weight excluding hydrogens is 272 g/mol. The van der Waals surface area contributed by atoms with Crippen LogP contribution >= 0.6 is 11.6 Å². The Balaban J connectivity index is 2.31. The Kier molecular flexibility index (Phi) is 4.02. The minimum absolute atomic E-state index is 0.169. The van der Waals surface area contributed by atoms with Gasteiger partial charge in [0.2, 0.25) is 0 Å². The summed E-state index contributed by atoms with van der Waals surface area (Å²) in [5.74, 6) is -1.21. The predicted molar refractivity (Wildman–Crippen MR) is 70.5 cm³/mol. The van der Waals surface area contributed by atoms with Gasteiger partial charge in [0.1, 0.15) is 11.6 Å². The van der Waals surface area contributed by atoms with E-state index in [9.17, 15) is 8.78 Å². The summed E-state index contributed by atoms with van der Waals surface area (Å²) in [5.41, 5.74) is 6.55. The Morgan fingerprint density at radius 3 is 2.47 bits per heavy atom. The Labute approximate surface area is 114 Å². The zero-order valence-electron chi connectivity index (χ0n) is 10.2. The highest BCUT2D eigenvalue weighted by molar-refractivity contribution is 6.32. The minimum Gasteiger partial charge on any atom is -0.453 e. The molecule has 0 spiro atoms. The van der Waals surface area contributed by atoms with Gasteiger partial charge in [-0.15, -0.1) is 0 Å². The van der Waals surface area contributed by atoms with E-state index in [-0.39, 0.29) is 17.5 Å². The van der Waals surface area contributed by atoms with Crippen molar-refractivity contribution >= 4 is 11.6 Å². The zero-order chi connectivity index (χ0) is 14.0. The Morgan fingerprint density at radius 1 is 1.11 bits per heavy atom. The van der Waals surface area contributed by atoms with Gasteiger partial charge >= 0.3 is 0 Å².